The van der Waals surface area contributed by atoms with E-state index in [9.17, 15) is 9.59 Å². The van der Waals surface area contributed by atoms with Crippen molar-refractivity contribution in [2.24, 2.45) is 0 Å². The summed E-state index contributed by atoms with van der Waals surface area (Å²) in [5.74, 6) is -0.376. The second-order valence-electron chi connectivity index (χ2n) is 4.19. The highest BCUT2D eigenvalue weighted by Gasteiger charge is 2.10. The molecule has 0 fully saturated rings. The highest BCUT2D eigenvalue weighted by Crippen LogP contribution is 2.05. The van der Waals surface area contributed by atoms with E-state index in [0.29, 0.717) is 0 Å². The zero-order valence-corrected chi connectivity index (χ0v) is 12.0. The number of carbonyl (C=O) groups excluding carboxylic acids is 2. The van der Waals surface area contributed by atoms with E-state index in [1.54, 1.807) is 6.92 Å². The molecule has 0 saturated heterocycles. The number of esters is 1. The quantitative estimate of drug-likeness (QED) is 0.853. The van der Waals surface area contributed by atoms with Gasteiger partial charge in [0.05, 0.1) is 19.0 Å². The van der Waals surface area contributed by atoms with Crippen molar-refractivity contribution in [2.75, 3.05) is 11.9 Å². The van der Waals surface area contributed by atoms with Gasteiger partial charge in [-0.3, -0.25) is 5.32 Å². The second-order valence-corrected chi connectivity index (χ2v) is 4.19. The van der Waals surface area contributed by atoms with E-state index in [1.807, 2.05) is 30.3 Å². The highest BCUT2D eigenvalue weighted by atomic mass is 16.5. The largest absolute Gasteiger partial charge is 0.461 e. The summed E-state index contributed by atoms with van der Waals surface area (Å²) in [5, 5.41) is 2.42. The first kappa shape index (κ1) is 15.4. The Hall–Kier alpha value is -2.96. The maximum atomic E-state index is 11.6. The third-order valence-electron chi connectivity index (χ3n) is 2.58. The molecule has 1 aromatic carbocycles. The molecule has 114 valence electrons. The topological polar surface area (TPSA) is 90.4 Å². The zero-order valence-electron chi connectivity index (χ0n) is 12.0. The van der Waals surface area contributed by atoms with Gasteiger partial charge in [0.25, 0.3) is 0 Å². The van der Waals surface area contributed by atoms with Crippen molar-refractivity contribution >= 4 is 17.9 Å². The lowest BCUT2D eigenvalue weighted by Gasteiger charge is -2.06. The van der Waals surface area contributed by atoms with Crippen LogP contribution in [0.3, 0.4) is 0 Å². The lowest BCUT2D eigenvalue weighted by Crippen LogP contribution is -2.15. The van der Waals surface area contributed by atoms with Crippen molar-refractivity contribution in [3.8, 4) is 0 Å². The molecule has 0 bridgehead atoms. The zero-order chi connectivity index (χ0) is 15.8. The van der Waals surface area contributed by atoms with Gasteiger partial charge in [-0.2, -0.15) is 0 Å². The third-order valence-corrected chi connectivity index (χ3v) is 2.58. The van der Waals surface area contributed by atoms with Crippen LogP contribution in [0.1, 0.15) is 23.0 Å². The van der Waals surface area contributed by atoms with Crippen LogP contribution in [0.4, 0.5) is 10.6 Å². The van der Waals surface area contributed by atoms with Gasteiger partial charge in [0.1, 0.15) is 6.61 Å². The lowest BCUT2D eigenvalue weighted by molar-refractivity contribution is 0.0519. The summed E-state index contributed by atoms with van der Waals surface area (Å²) in [7, 11) is 0. The van der Waals surface area contributed by atoms with Crippen LogP contribution in [0.25, 0.3) is 0 Å². The molecule has 1 aromatic heterocycles. The van der Waals surface area contributed by atoms with E-state index in [4.69, 9.17) is 9.47 Å². The van der Waals surface area contributed by atoms with Gasteiger partial charge in [0, 0.05) is 0 Å². The van der Waals surface area contributed by atoms with E-state index < -0.39 is 12.1 Å². The summed E-state index contributed by atoms with van der Waals surface area (Å²) in [6.07, 6.45) is 1.84. The van der Waals surface area contributed by atoms with Gasteiger partial charge in [-0.25, -0.2) is 19.6 Å². The fourth-order valence-electron chi connectivity index (χ4n) is 1.57. The van der Waals surface area contributed by atoms with Crippen LogP contribution in [0, 0.1) is 0 Å². The number of hydrogen-bond donors (Lipinski definition) is 1. The van der Waals surface area contributed by atoms with Crippen molar-refractivity contribution in [3.05, 3.63) is 54.0 Å². The smallest absolute Gasteiger partial charge is 0.413 e. The third kappa shape index (κ3) is 4.55. The Balaban J connectivity index is 1.85. The van der Waals surface area contributed by atoms with Gasteiger partial charge in [-0.1, -0.05) is 30.3 Å². The van der Waals surface area contributed by atoms with Gasteiger partial charge >= 0.3 is 12.1 Å². The molecule has 0 atom stereocenters. The second kappa shape index (κ2) is 7.72. The number of aromatic nitrogens is 2. The first-order valence-electron chi connectivity index (χ1n) is 6.66. The molecule has 2 rings (SSSR count). The average Bonchev–Trinajstić information content (AvgIpc) is 2.55. The molecule has 22 heavy (non-hydrogen) atoms. The standard InChI is InChI=1S/C15H15N3O4/c1-2-21-14(19)12-8-17-13(9-16-12)18-15(20)22-10-11-6-4-3-5-7-11/h3-9H,2,10H2,1H3,(H,17,18,20). The number of nitrogens with zero attached hydrogens (tertiary/aromatic N) is 2. The molecule has 0 aliphatic rings. The normalized spacial score (nSPS) is 9.86. The summed E-state index contributed by atoms with van der Waals surface area (Å²) in [6.45, 7) is 2.11. The summed E-state index contributed by atoms with van der Waals surface area (Å²) in [5.41, 5.74) is 0.950. The molecule has 7 nitrogen and oxygen atoms in total. The van der Waals surface area contributed by atoms with Crippen LogP contribution in [0.15, 0.2) is 42.7 Å². The number of hydrogen-bond acceptors (Lipinski definition) is 6. The minimum absolute atomic E-state index is 0.0741. The molecule has 0 aliphatic carbocycles. The van der Waals surface area contributed by atoms with Crippen LogP contribution >= 0.6 is 0 Å². The van der Waals surface area contributed by atoms with Crippen molar-refractivity contribution < 1.29 is 19.1 Å². The Morgan fingerprint density at radius 3 is 2.50 bits per heavy atom. The van der Waals surface area contributed by atoms with Crippen molar-refractivity contribution in [3.63, 3.8) is 0 Å². The molecule has 0 radical (unpaired) electrons. The summed E-state index contributed by atoms with van der Waals surface area (Å²) >= 11 is 0. The Labute approximate surface area is 127 Å². The number of carbonyl (C=O) groups is 2. The summed E-state index contributed by atoms with van der Waals surface area (Å²) < 4.78 is 9.82. The van der Waals surface area contributed by atoms with E-state index in [2.05, 4.69) is 15.3 Å². The molecule has 7 heteroatoms. The van der Waals surface area contributed by atoms with E-state index in [-0.39, 0.29) is 24.7 Å². The number of ether oxygens (including phenoxy) is 2. The molecule has 0 spiro atoms. The van der Waals surface area contributed by atoms with Gasteiger partial charge in [0.2, 0.25) is 0 Å². The monoisotopic (exact) mass is 301 g/mol. The Morgan fingerprint density at radius 2 is 1.86 bits per heavy atom. The predicted molar refractivity (Wildman–Crippen MR) is 78.2 cm³/mol. The summed E-state index contributed by atoms with van der Waals surface area (Å²) in [6, 6.07) is 9.29. The molecular weight excluding hydrogens is 286 g/mol. The molecule has 1 amide bonds. The first-order valence-corrected chi connectivity index (χ1v) is 6.66. The number of anilines is 1. The highest BCUT2D eigenvalue weighted by molar-refractivity contribution is 5.87. The summed E-state index contributed by atoms with van der Waals surface area (Å²) in [4.78, 5) is 30.8. The van der Waals surface area contributed by atoms with Gasteiger partial charge in [-0.05, 0) is 12.5 Å². The Kier molecular flexibility index (Phi) is 5.42. The number of benzene rings is 1. The van der Waals surface area contributed by atoms with E-state index >= 15 is 0 Å². The fraction of sp³-hybridized carbons (Fsp3) is 0.200. The first-order chi connectivity index (χ1) is 10.7. The molecule has 0 unspecified atom stereocenters. The Bertz CT molecular complexity index is 629. The molecule has 0 aliphatic heterocycles. The van der Waals surface area contributed by atoms with Crippen LogP contribution in [0.5, 0.6) is 0 Å². The number of amides is 1. The van der Waals surface area contributed by atoms with Gasteiger partial charge < -0.3 is 9.47 Å². The molecule has 1 N–H and O–H groups in total. The Morgan fingerprint density at radius 1 is 1.09 bits per heavy atom. The molecular formula is C15H15N3O4. The van der Waals surface area contributed by atoms with Gasteiger partial charge in [-0.15, -0.1) is 0 Å². The predicted octanol–water partition coefficient (Wildman–Crippen LogP) is 2.40. The van der Waals surface area contributed by atoms with Crippen molar-refractivity contribution in [2.45, 2.75) is 13.5 Å². The minimum Gasteiger partial charge on any atom is -0.461 e. The minimum atomic E-state index is -0.651. The van der Waals surface area contributed by atoms with Crippen LogP contribution in [0.2, 0.25) is 0 Å². The number of nitrogens with one attached hydrogen (secondary N) is 1. The average molecular weight is 301 g/mol. The van der Waals surface area contributed by atoms with Crippen molar-refractivity contribution in [1.29, 1.82) is 0 Å². The number of rotatable bonds is 5. The van der Waals surface area contributed by atoms with E-state index in [1.165, 1.54) is 12.4 Å². The molecule has 1 heterocycles. The fourth-order valence-corrected chi connectivity index (χ4v) is 1.57. The van der Waals surface area contributed by atoms with Gasteiger partial charge in [0.15, 0.2) is 11.5 Å². The van der Waals surface area contributed by atoms with Crippen LogP contribution < -0.4 is 5.32 Å². The maximum absolute atomic E-state index is 11.6. The molecule has 2 aromatic rings. The maximum Gasteiger partial charge on any atom is 0.413 e. The SMILES string of the molecule is CCOC(=O)c1cnc(NC(=O)OCc2ccccc2)cn1. The molecule has 0 saturated carbocycles. The lowest BCUT2D eigenvalue weighted by atomic mass is 10.2. The van der Waals surface area contributed by atoms with Crippen molar-refractivity contribution in [1.82, 2.24) is 9.97 Å². The van der Waals surface area contributed by atoms with Crippen LogP contribution in [-0.2, 0) is 16.1 Å². The van der Waals surface area contributed by atoms with Crippen LogP contribution in [-0.4, -0.2) is 28.6 Å². The van der Waals surface area contributed by atoms with E-state index in [0.717, 1.165) is 5.56 Å².